The molecule has 0 radical (unpaired) electrons. The molecule has 11 heteroatoms. The van der Waals surface area contributed by atoms with Gasteiger partial charge in [0.2, 0.25) is 11.8 Å². The van der Waals surface area contributed by atoms with E-state index < -0.39 is 28.5 Å². The average Bonchev–Trinajstić information content (AvgIpc) is 3.03. The summed E-state index contributed by atoms with van der Waals surface area (Å²) in [6, 6.07) is 26.7. The van der Waals surface area contributed by atoms with Gasteiger partial charge in [-0.2, -0.15) is 0 Å². The van der Waals surface area contributed by atoms with Gasteiger partial charge in [-0.3, -0.25) is 13.9 Å². The third-order valence-corrected chi connectivity index (χ3v) is 10.7. The summed E-state index contributed by atoms with van der Waals surface area (Å²) in [5, 5.41) is 3.16. The molecule has 46 heavy (non-hydrogen) atoms. The van der Waals surface area contributed by atoms with Crippen molar-refractivity contribution in [2.24, 2.45) is 0 Å². The van der Waals surface area contributed by atoms with Gasteiger partial charge in [0.05, 0.1) is 20.6 Å². The highest BCUT2D eigenvalue weighted by Crippen LogP contribution is 2.35. The predicted molar refractivity (Wildman–Crippen MR) is 189 cm³/mol. The number of sulfonamides is 1. The first-order chi connectivity index (χ1) is 21.9. The molecule has 2 atom stereocenters. The Bertz CT molecular complexity index is 1770. The minimum atomic E-state index is -4.31. The highest BCUT2D eigenvalue weighted by Gasteiger charge is 2.35. The molecule has 4 aromatic carbocycles. The Hall–Kier alpha value is -3.37. The number of anilines is 1. The molecule has 0 saturated heterocycles. The van der Waals surface area contributed by atoms with E-state index in [0.29, 0.717) is 6.42 Å². The number of hydrogen-bond donors (Lipinski definition) is 1. The molecule has 0 heterocycles. The Morgan fingerprint density at radius 3 is 2.20 bits per heavy atom. The van der Waals surface area contributed by atoms with Crippen LogP contribution >= 0.6 is 39.1 Å². The van der Waals surface area contributed by atoms with Crippen LogP contribution in [-0.4, -0.2) is 43.8 Å². The van der Waals surface area contributed by atoms with E-state index in [0.717, 1.165) is 25.5 Å². The number of carbonyl (C=O) groups excluding carboxylic acids is 2. The number of hydrogen-bond acceptors (Lipinski definition) is 4. The van der Waals surface area contributed by atoms with Crippen molar-refractivity contribution < 1.29 is 18.0 Å². The van der Waals surface area contributed by atoms with Gasteiger partial charge in [-0.05, 0) is 67.8 Å². The molecule has 4 aromatic rings. The van der Waals surface area contributed by atoms with E-state index in [-0.39, 0.29) is 45.5 Å². The van der Waals surface area contributed by atoms with E-state index in [9.17, 15) is 18.0 Å². The van der Waals surface area contributed by atoms with Crippen molar-refractivity contribution in [2.75, 3.05) is 10.8 Å². The second-order valence-electron chi connectivity index (χ2n) is 11.1. The summed E-state index contributed by atoms with van der Waals surface area (Å²) in [5.74, 6) is -0.929. The maximum atomic E-state index is 14.6. The van der Waals surface area contributed by atoms with Crippen LogP contribution in [-0.2, 0) is 32.6 Å². The van der Waals surface area contributed by atoms with Crippen LogP contribution in [0.3, 0.4) is 0 Å². The van der Waals surface area contributed by atoms with Gasteiger partial charge < -0.3 is 10.2 Å². The Morgan fingerprint density at radius 2 is 1.54 bits per heavy atom. The molecule has 1 N–H and O–H groups in total. The van der Waals surface area contributed by atoms with Crippen LogP contribution in [0.2, 0.25) is 10.0 Å². The molecular weight excluding hydrogens is 709 g/mol. The van der Waals surface area contributed by atoms with Crippen molar-refractivity contribution in [1.82, 2.24) is 10.2 Å². The number of nitrogens with zero attached hydrogens (tertiary/aromatic N) is 2. The molecule has 7 nitrogen and oxygen atoms in total. The van der Waals surface area contributed by atoms with Gasteiger partial charge in [0, 0.05) is 23.5 Å². The normalized spacial score (nSPS) is 12.7. The standard InChI is InChI=1S/C35H36BrCl2N3O4S/c1-4-25(3)39-35(43)32(21-26-10-6-5-7-11-26)40(22-27-12-8-13-28(36)20-27)33(42)23-41(31-15-9-14-30(37)34(31)38)46(44,45)29-18-16-24(2)17-19-29/h5-20,25,32H,4,21-23H2,1-3H3,(H,39,43)/t25-,32+/m1/s1. The number of nitrogens with one attached hydrogen (secondary N) is 1. The summed E-state index contributed by atoms with van der Waals surface area (Å²) in [6.45, 7) is 5.12. The molecule has 0 unspecified atom stereocenters. The van der Waals surface area contributed by atoms with Crippen molar-refractivity contribution in [3.05, 3.63) is 128 Å². The third-order valence-electron chi connectivity index (χ3n) is 7.60. The zero-order valence-corrected chi connectivity index (χ0v) is 29.7. The van der Waals surface area contributed by atoms with Gasteiger partial charge in [0.15, 0.2) is 0 Å². The lowest BCUT2D eigenvalue weighted by atomic mass is 10.0. The van der Waals surface area contributed by atoms with Crippen molar-refractivity contribution in [3.8, 4) is 0 Å². The summed E-state index contributed by atoms with van der Waals surface area (Å²) >= 11 is 16.4. The predicted octanol–water partition coefficient (Wildman–Crippen LogP) is 7.81. The van der Waals surface area contributed by atoms with Crippen LogP contribution in [0.1, 0.15) is 37.0 Å². The highest BCUT2D eigenvalue weighted by molar-refractivity contribution is 9.10. The molecule has 4 rings (SSSR count). The minimum Gasteiger partial charge on any atom is -0.352 e. The summed E-state index contributed by atoms with van der Waals surface area (Å²) in [4.78, 5) is 30.0. The first kappa shape index (κ1) is 35.5. The van der Waals surface area contributed by atoms with E-state index in [1.165, 1.54) is 23.1 Å². The van der Waals surface area contributed by atoms with Gasteiger partial charge >= 0.3 is 0 Å². The van der Waals surface area contributed by atoms with Crippen LogP contribution in [0.5, 0.6) is 0 Å². The van der Waals surface area contributed by atoms with E-state index in [4.69, 9.17) is 23.2 Å². The van der Waals surface area contributed by atoms with Crippen molar-refractivity contribution in [3.63, 3.8) is 0 Å². The Labute approximate surface area is 289 Å². The molecule has 0 saturated carbocycles. The van der Waals surface area contributed by atoms with E-state index >= 15 is 0 Å². The lowest BCUT2D eigenvalue weighted by Crippen LogP contribution is -2.54. The van der Waals surface area contributed by atoms with Crippen LogP contribution in [0, 0.1) is 6.92 Å². The maximum absolute atomic E-state index is 14.6. The zero-order valence-electron chi connectivity index (χ0n) is 25.8. The number of amides is 2. The fraction of sp³-hybridized carbons (Fsp3) is 0.257. The van der Waals surface area contributed by atoms with Gasteiger partial charge in [-0.1, -0.05) is 112 Å². The quantitative estimate of drug-likeness (QED) is 0.151. The van der Waals surface area contributed by atoms with E-state index in [1.807, 2.05) is 75.4 Å². The summed E-state index contributed by atoms with van der Waals surface area (Å²) in [5.41, 5.74) is 2.53. The Kier molecular flexibility index (Phi) is 12.3. The molecule has 0 aromatic heterocycles. The van der Waals surface area contributed by atoms with Gasteiger partial charge in [0.25, 0.3) is 10.0 Å². The van der Waals surface area contributed by atoms with Crippen LogP contribution < -0.4 is 9.62 Å². The van der Waals surface area contributed by atoms with Crippen molar-refractivity contribution >= 4 is 66.7 Å². The molecule has 2 amide bonds. The average molecular weight is 746 g/mol. The third kappa shape index (κ3) is 8.91. The number of aryl methyl sites for hydroxylation is 1. The number of carbonyl (C=O) groups is 2. The van der Waals surface area contributed by atoms with E-state index in [2.05, 4.69) is 21.2 Å². The fourth-order valence-electron chi connectivity index (χ4n) is 4.86. The monoisotopic (exact) mass is 743 g/mol. The summed E-state index contributed by atoms with van der Waals surface area (Å²) in [7, 11) is -4.31. The topological polar surface area (TPSA) is 86.8 Å². The van der Waals surface area contributed by atoms with Gasteiger partial charge in [-0.25, -0.2) is 8.42 Å². The summed E-state index contributed by atoms with van der Waals surface area (Å²) in [6.07, 6.45) is 0.907. The molecule has 0 aliphatic carbocycles. The first-order valence-corrected chi connectivity index (χ1v) is 17.8. The number of benzene rings is 4. The zero-order chi connectivity index (χ0) is 33.4. The number of halogens is 3. The molecule has 0 spiro atoms. The second kappa shape index (κ2) is 16.0. The summed E-state index contributed by atoms with van der Waals surface area (Å²) < 4.78 is 30.2. The highest BCUT2D eigenvalue weighted by atomic mass is 79.9. The van der Waals surface area contributed by atoms with Crippen molar-refractivity contribution in [2.45, 2.75) is 57.1 Å². The first-order valence-electron chi connectivity index (χ1n) is 14.8. The SMILES string of the molecule is CC[C@@H](C)NC(=O)[C@H](Cc1ccccc1)N(Cc1cccc(Br)c1)C(=O)CN(c1cccc(Cl)c1Cl)S(=O)(=O)c1ccc(C)cc1. The van der Waals surface area contributed by atoms with Crippen LogP contribution in [0.15, 0.2) is 106 Å². The van der Waals surface area contributed by atoms with E-state index in [1.54, 1.807) is 24.3 Å². The Morgan fingerprint density at radius 1 is 0.891 bits per heavy atom. The second-order valence-corrected chi connectivity index (χ2v) is 14.6. The molecular formula is C35H36BrCl2N3O4S. The molecule has 0 aliphatic rings. The Balaban J connectivity index is 1.84. The maximum Gasteiger partial charge on any atom is 0.264 e. The van der Waals surface area contributed by atoms with Crippen molar-refractivity contribution in [1.29, 1.82) is 0 Å². The lowest BCUT2D eigenvalue weighted by molar-refractivity contribution is -0.140. The van der Waals surface area contributed by atoms with Gasteiger partial charge in [-0.15, -0.1) is 0 Å². The molecule has 0 bridgehead atoms. The molecule has 242 valence electrons. The fourth-order valence-corrected chi connectivity index (χ4v) is 7.18. The minimum absolute atomic E-state index is 0.0125. The largest absolute Gasteiger partial charge is 0.352 e. The lowest BCUT2D eigenvalue weighted by Gasteiger charge is -2.34. The smallest absolute Gasteiger partial charge is 0.264 e. The number of rotatable bonds is 13. The molecule has 0 aliphatic heterocycles. The molecule has 0 fully saturated rings. The van der Waals surface area contributed by atoms with Gasteiger partial charge in [0.1, 0.15) is 12.6 Å². The van der Waals surface area contributed by atoms with Crippen LogP contribution in [0.25, 0.3) is 0 Å². The van der Waals surface area contributed by atoms with Crippen LogP contribution in [0.4, 0.5) is 5.69 Å².